The number of nitrogens with one attached hydrogen (secondary N) is 2. The second kappa shape index (κ2) is 16.8. The molecule has 0 aliphatic carbocycles. The quantitative estimate of drug-likeness (QED) is 0.213. The first-order chi connectivity index (χ1) is 19.9. The zero-order valence-electron chi connectivity index (χ0n) is 26.8. The van der Waals surface area contributed by atoms with Gasteiger partial charge in [0, 0.05) is 12.2 Å². The van der Waals surface area contributed by atoms with Crippen LogP contribution in [0.5, 0.6) is 5.75 Å². The Morgan fingerprint density at radius 3 is 2.02 bits per heavy atom. The summed E-state index contributed by atoms with van der Waals surface area (Å²) in [5.74, 6) is -0.209. The molecule has 0 fully saturated rings. The predicted molar refractivity (Wildman–Crippen MR) is 169 cm³/mol. The third-order valence-electron chi connectivity index (χ3n) is 6.95. The molecule has 2 aromatic carbocycles. The van der Waals surface area contributed by atoms with Crippen molar-refractivity contribution in [2.75, 3.05) is 19.0 Å². The van der Waals surface area contributed by atoms with Crippen LogP contribution in [0, 0.1) is 12.8 Å². The maximum atomic E-state index is 14.3. The number of hydrogen-bond acceptors (Lipinski definition) is 5. The molecule has 0 heterocycles. The average Bonchev–Trinajstić information content (AvgIpc) is 2.92. The van der Waals surface area contributed by atoms with E-state index in [1.54, 1.807) is 57.0 Å². The molecule has 42 heavy (non-hydrogen) atoms. The van der Waals surface area contributed by atoms with Crippen molar-refractivity contribution in [1.82, 2.24) is 10.2 Å². The van der Waals surface area contributed by atoms with Crippen LogP contribution >= 0.6 is 0 Å². The number of methoxy groups -OCH3 is 1. The smallest absolute Gasteiger partial charge is 0.408 e. The molecule has 2 N–H and O–H groups in total. The molecule has 2 atom stereocenters. The van der Waals surface area contributed by atoms with Crippen molar-refractivity contribution < 1.29 is 23.9 Å². The van der Waals surface area contributed by atoms with Crippen molar-refractivity contribution >= 4 is 23.6 Å². The molecule has 8 nitrogen and oxygen atoms in total. The molecule has 0 radical (unpaired) electrons. The Labute approximate surface area is 252 Å². The summed E-state index contributed by atoms with van der Waals surface area (Å²) in [6.45, 7) is 13.6. The molecule has 0 aliphatic rings. The molecule has 0 spiro atoms. The van der Waals surface area contributed by atoms with E-state index in [-0.39, 0.29) is 17.7 Å². The van der Waals surface area contributed by atoms with E-state index >= 15 is 0 Å². The number of nitrogens with zero attached hydrogens (tertiary/aromatic N) is 1. The summed E-state index contributed by atoms with van der Waals surface area (Å²) < 4.78 is 10.7. The normalized spacial score (nSPS) is 12.8. The number of anilines is 1. The minimum atomic E-state index is -0.905. The summed E-state index contributed by atoms with van der Waals surface area (Å²) in [6, 6.07) is 13.0. The molecule has 232 valence electrons. The number of carbonyl (C=O) groups excluding carboxylic acids is 3. The van der Waals surface area contributed by atoms with Crippen LogP contribution in [0.15, 0.2) is 48.5 Å². The van der Waals surface area contributed by atoms with Gasteiger partial charge in [0.25, 0.3) is 5.91 Å². The third kappa shape index (κ3) is 11.4. The number of aryl methyl sites for hydroxylation is 1. The van der Waals surface area contributed by atoms with Gasteiger partial charge in [-0.2, -0.15) is 0 Å². The van der Waals surface area contributed by atoms with Crippen molar-refractivity contribution in [2.24, 2.45) is 5.92 Å². The number of alkyl carbamates (subject to hydrolysis) is 1. The molecule has 0 aromatic heterocycles. The molecule has 8 heteroatoms. The Balaban J connectivity index is 2.47. The molecule has 2 aromatic rings. The zero-order chi connectivity index (χ0) is 31.3. The monoisotopic (exact) mass is 581 g/mol. The first-order valence-corrected chi connectivity index (χ1v) is 15.2. The van der Waals surface area contributed by atoms with Gasteiger partial charge in [0.15, 0.2) is 0 Å². The second-order valence-electron chi connectivity index (χ2n) is 12.2. The molecule has 2 unspecified atom stereocenters. The first-order valence-electron chi connectivity index (χ1n) is 15.2. The van der Waals surface area contributed by atoms with E-state index in [1.165, 1.54) is 6.42 Å². The van der Waals surface area contributed by atoms with Crippen LogP contribution in [0.1, 0.15) is 97.2 Å². The van der Waals surface area contributed by atoms with Crippen molar-refractivity contribution in [3.8, 4) is 5.75 Å². The SMILES string of the molecule is CCCCCCCCN(C(=O)C(NC(=O)OC(C)(C)C)C(C)C)C(C(=O)Nc1ccc(OC)cc1)c1ccc(C)cc1. The number of rotatable bonds is 15. The van der Waals surface area contributed by atoms with Crippen LogP contribution in [0.3, 0.4) is 0 Å². The highest BCUT2D eigenvalue weighted by atomic mass is 16.6. The van der Waals surface area contributed by atoms with Gasteiger partial charge in [0.05, 0.1) is 7.11 Å². The minimum absolute atomic E-state index is 0.236. The Morgan fingerprint density at radius 2 is 1.48 bits per heavy atom. The summed E-state index contributed by atoms with van der Waals surface area (Å²) in [7, 11) is 1.59. The topological polar surface area (TPSA) is 97.0 Å². The molecule has 0 aliphatic heterocycles. The molecule has 0 saturated carbocycles. The highest BCUT2D eigenvalue weighted by molar-refractivity contribution is 5.99. The summed E-state index contributed by atoms with van der Waals surface area (Å²) in [4.78, 5) is 42.8. The fourth-order valence-electron chi connectivity index (χ4n) is 4.66. The van der Waals surface area contributed by atoms with Gasteiger partial charge in [-0.05, 0) is 69.9 Å². The van der Waals surface area contributed by atoms with Gasteiger partial charge in [-0.25, -0.2) is 4.79 Å². The highest BCUT2D eigenvalue weighted by Crippen LogP contribution is 2.27. The summed E-state index contributed by atoms with van der Waals surface area (Å²) in [5, 5.41) is 5.79. The van der Waals surface area contributed by atoms with Crippen molar-refractivity contribution in [3.05, 3.63) is 59.7 Å². The van der Waals surface area contributed by atoms with E-state index in [9.17, 15) is 14.4 Å². The van der Waals surface area contributed by atoms with Crippen molar-refractivity contribution in [3.63, 3.8) is 0 Å². The number of ether oxygens (including phenoxy) is 2. The Hall–Kier alpha value is -3.55. The molecular weight excluding hydrogens is 530 g/mol. The Bertz CT molecular complexity index is 1120. The number of hydrogen-bond donors (Lipinski definition) is 2. The maximum Gasteiger partial charge on any atom is 0.408 e. The summed E-state index contributed by atoms with van der Waals surface area (Å²) in [6.07, 6.45) is 5.54. The first kappa shape index (κ1) is 34.7. The van der Waals surface area contributed by atoms with Crippen LogP contribution < -0.4 is 15.4 Å². The van der Waals surface area contributed by atoms with E-state index in [1.807, 2.05) is 45.0 Å². The maximum absolute atomic E-state index is 14.3. The van der Waals surface area contributed by atoms with E-state index in [0.29, 0.717) is 23.5 Å². The van der Waals surface area contributed by atoms with Crippen LogP contribution in [0.4, 0.5) is 10.5 Å². The summed E-state index contributed by atoms with van der Waals surface area (Å²) in [5.41, 5.74) is 1.63. The lowest BCUT2D eigenvalue weighted by Crippen LogP contribution is -2.54. The van der Waals surface area contributed by atoms with Gasteiger partial charge in [0.1, 0.15) is 23.4 Å². The van der Waals surface area contributed by atoms with Gasteiger partial charge in [-0.1, -0.05) is 82.7 Å². The lowest BCUT2D eigenvalue weighted by molar-refractivity contribution is -0.141. The van der Waals surface area contributed by atoms with E-state index in [0.717, 1.165) is 37.7 Å². The van der Waals surface area contributed by atoms with Gasteiger partial charge < -0.3 is 25.0 Å². The lowest BCUT2D eigenvalue weighted by atomic mass is 9.97. The highest BCUT2D eigenvalue weighted by Gasteiger charge is 2.37. The fourth-order valence-corrected chi connectivity index (χ4v) is 4.66. The number of amides is 3. The van der Waals surface area contributed by atoms with E-state index < -0.39 is 23.8 Å². The van der Waals surface area contributed by atoms with Crippen molar-refractivity contribution in [2.45, 2.75) is 105 Å². The van der Waals surface area contributed by atoms with Crippen LogP contribution in [-0.4, -0.2) is 48.1 Å². The molecule has 3 amide bonds. The zero-order valence-corrected chi connectivity index (χ0v) is 26.8. The standard InChI is InChI=1S/C34H51N3O5/c1-9-10-11-12-13-14-23-37(32(39)29(24(2)3)36-33(40)42-34(5,6)7)30(26-17-15-25(4)16-18-26)31(38)35-27-19-21-28(41-8)22-20-27/h15-22,24,29-30H,9-14,23H2,1-8H3,(H,35,38)(H,36,40). The predicted octanol–water partition coefficient (Wildman–Crippen LogP) is 7.42. The number of unbranched alkanes of at least 4 members (excludes halogenated alkanes) is 5. The van der Waals surface area contributed by atoms with E-state index in [4.69, 9.17) is 9.47 Å². The minimum Gasteiger partial charge on any atom is -0.497 e. The summed E-state index contributed by atoms with van der Waals surface area (Å²) >= 11 is 0. The van der Waals surface area contributed by atoms with Crippen LogP contribution in [0.2, 0.25) is 0 Å². The number of carbonyl (C=O) groups is 3. The Morgan fingerprint density at radius 1 is 0.881 bits per heavy atom. The number of benzene rings is 2. The fraction of sp³-hybridized carbons (Fsp3) is 0.559. The van der Waals surface area contributed by atoms with Crippen molar-refractivity contribution in [1.29, 1.82) is 0 Å². The average molecular weight is 582 g/mol. The molecule has 2 rings (SSSR count). The lowest BCUT2D eigenvalue weighted by Gasteiger charge is -2.35. The van der Waals surface area contributed by atoms with Crippen LogP contribution in [0.25, 0.3) is 0 Å². The molecule has 0 saturated heterocycles. The van der Waals surface area contributed by atoms with Gasteiger partial charge >= 0.3 is 6.09 Å². The largest absolute Gasteiger partial charge is 0.497 e. The molecular formula is C34H51N3O5. The van der Waals surface area contributed by atoms with Gasteiger partial charge in [-0.15, -0.1) is 0 Å². The molecule has 0 bridgehead atoms. The van der Waals surface area contributed by atoms with Gasteiger partial charge in [0.2, 0.25) is 5.91 Å². The third-order valence-corrected chi connectivity index (χ3v) is 6.95. The van der Waals surface area contributed by atoms with Crippen LogP contribution in [-0.2, 0) is 14.3 Å². The van der Waals surface area contributed by atoms with E-state index in [2.05, 4.69) is 17.6 Å². The second-order valence-corrected chi connectivity index (χ2v) is 12.2. The van der Waals surface area contributed by atoms with Gasteiger partial charge in [-0.3, -0.25) is 9.59 Å². The Kier molecular flexibility index (Phi) is 13.8.